The van der Waals surface area contributed by atoms with E-state index < -0.39 is 12.6 Å². The van der Waals surface area contributed by atoms with Gasteiger partial charge in [-0.05, 0) is 28.4 Å². The van der Waals surface area contributed by atoms with Crippen LogP contribution in [0.25, 0.3) is 0 Å². The van der Waals surface area contributed by atoms with Crippen molar-refractivity contribution in [1.29, 1.82) is 0 Å². The van der Waals surface area contributed by atoms with Gasteiger partial charge in [0.05, 0.1) is 4.88 Å². The molecule has 0 fully saturated rings. The molecule has 1 aromatic heterocycles. The largest absolute Gasteiger partial charge is 0.389 e. The molecule has 0 saturated heterocycles. The maximum absolute atomic E-state index is 11.8. The van der Waals surface area contributed by atoms with Crippen molar-refractivity contribution in [2.45, 2.75) is 25.4 Å². The van der Waals surface area contributed by atoms with Crippen LogP contribution in [0.2, 0.25) is 0 Å². The highest BCUT2D eigenvalue weighted by molar-refractivity contribution is 9.10. The van der Waals surface area contributed by atoms with Crippen LogP contribution >= 0.6 is 27.3 Å². The first-order chi connectivity index (χ1) is 6.88. The van der Waals surface area contributed by atoms with Crippen molar-refractivity contribution in [3.05, 3.63) is 20.8 Å². The predicted octanol–water partition coefficient (Wildman–Crippen LogP) is 4.43. The third kappa shape index (κ3) is 4.79. The fourth-order valence-corrected chi connectivity index (χ4v) is 2.43. The minimum absolute atomic E-state index is 0.0491. The van der Waals surface area contributed by atoms with Crippen molar-refractivity contribution in [1.82, 2.24) is 0 Å². The average molecular weight is 301 g/mol. The molecule has 1 rings (SSSR count). The summed E-state index contributed by atoms with van der Waals surface area (Å²) in [5, 5.41) is 1.73. The first-order valence-electron chi connectivity index (χ1n) is 4.22. The Bertz CT molecular complexity index is 345. The quantitative estimate of drug-likeness (QED) is 0.752. The Hall–Kier alpha value is -0.360. The summed E-state index contributed by atoms with van der Waals surface area (Å²) in [5.74, 6) is -0.227. The summed E-state index contributed by atoms with van der Waals surface area (Å²) in [4.78, 5) is 11.9. The van der Waals surface area contributed by atoms with Crippen molar-refractivity contribution in [3.63, 3.8) is 0 Å². The summed E-state index contributed by atoms with van der Waals surface area (Å²) in [6, 6.07) is 1.63. The second kappa shape index (κ2) is 5.12. The molecule has 0 unspecified atom stereocenters. The van der Waals surface area contributed by atoms with E-state index in [4.69, 9.17) is 0 Å². The van der Waals surface area contributed by atoms with Crippen LogP contribution < -0.4 is 0 Å². The Morgan fingerprint density at radius 3 is 2.60 bits per heavy atom. The molecule has 84 valence electrons. The number of carbonyl (C=O) groups excluding carboxylic acids is 1. The van der Waals surface area contributed by atoms with Crippen LogP contribution in [-0.2, 0) is 0 Å². The van der Waals surface area contributed by atoms with Crippen LogP contribution in [0.4, 0.5) is 13.2 Å². The molecule has 6 heteroatoms. The summed E-state index contributed by atoms with van der Waals surface area (Å²) < 4.78 is 36.2. The highest BCUT2D eigenvalue weighted by atomic mass is 79.9. The lowest BCUT2D eigenvalue weighted by Gasteiger charge is -2.04. The molecule has 0 spiro atoms. The number of ketones is 1. The molecule has 1 aromatic rings. The smallest absolute Gasteiger partial charge is 0.293 e. The van der Waals surface area contributed by atoms with Gasteiger partial charge < -0.3 is 0 Å². The number of rotatable bonds is 4. The molecule has 15 heavy (non-hydrogen) atoms. The summed E-state index contributed by atoms with van der Waals surface area (Å²) in [7, 11) is 0. The Balaban J connectivity index is 2.37. The lowest BCUT2D eigenvalue weighted by atomic mass is 10.1. The van der Waals surface area contributed by atoms with E-state index in [1.165, 1.54) is 11.3 Å². The van der Waals surface area contributed by atoms with E-state index in [2.05, 4.69) is 15.9 Å². The van der Waals surface area contributed by atoms with Gasteiger partial charge in [0.25, 0.3) is 0 Å². The van der Waals surface area contributed by atoms with E-state index in [1.807, 2.05) is 0 Å². The van der Waals surface area contributed by atoms with Crippen molar-refractivity contribution in [2.24, 2.45) is 0 Å². The van der Waals surface area contributed by atoms with Crippen LogP contribution in [0.5, 0.6) is 0 Å². The van der Waals surface area contributed by atoms with E-state index >= 15 is 0 Å². The normalized spacial score (nSPS) is 11.7. The summed E-state index contributed by atoms with van der Waals surface area (Å²) in [6.45, 7) is 0. The van der Waals surface area contributed by atoms with Crippen molar-refractivity contribution < 1.29 is 18.0 Å². The number of Topliss-reactive ketones (excluding diaryl/α,β-unsaturated/α-hetero) is 1. The molecule has 0 aromatic carbocycles. The lowest BCUT2D eigenvalue weighted by molar-refractivity contribution is -0.135. The number of carbonyl (C=O) groups is 1. The van der Waals surface area contributed by atoms with Crippen molar-refractivity contribution in [3.8, 4) is 0 Å². The highest BCUT2D eigenvalue weighted by Gasteiger charge is 2.26. The fourth-order valence-electron chi connectivity index (χ4n) is 1.03. The van der Waals surface area contributed by atoms with Crippen LogP contribution in [0.3, 0.4) is 0 Å². The van der Waals surface area contributed by atoms with Crippen LogP contribution in [0.1, 0.15) is 28.9 Å². The molecule has 0 saturated carbocycles. The maximum Gasteiger partial charge on any atom is 0.389 e. The number of alkyl halides is 3. The highest BCUT2D eigenvalue weighted by Crippen LogP contribution is 2.25. The van der Waals surface area contributed by atoms with Gasteiger partial charge >= 0.3 is 6.18 Å². The zero-order valence-electron chi connectivity index (χ0n) is 7.60. The Morgan fingerprint density at radius 2 is 2.13 bits per heavy atom. The lowest BCUT2D eigenvalue weighted by Crippen LogP contribution is -2.08. The molecular weight excluding hydrogens is 293 g/mol. The van der Waals surface area contributed by atoms with Gasteiger partial charge in [0.1, 0.15) is 0 Å². The van der Waals surface area contributed by atoms with Gasteiger partial charge in [-0.2, -0.15) is 13.2 Å². The monoisotopic (exact) mass is 300 g/mol. The molecule has 1 heterocycles. The Morgan fingerprint density at radius 1 is 1.47 bits per heavy atom. The zero-order valence-corrected chi connectivity index (χ0v) is 10.0. The number of hydrogen-bond acceptors (Lipinski definition) is 2. The van der Waals surface area contributed by atoms with Gasteiger partial charge in [-0.25, -0.2) is 0 Å². The first kappa shape index (κ1) is 12.7. The maximum atomic E-state index is 11.8. The minimum Gasteiger partial charge on any atom is -0.293 e. The molecule has 0 aliphatic rings. The van der Waals surface area contributed by atoms with Crippen molar-refractivity contribution in [2.75, 3.05) is 0 Å². The number of hydrogen-bond donors (Lipinski definition) is 0. The van der Waals surface area contributed by atoms with Gasteiger partial charge in [0, 0.05) is 22.7 Å². The van der Waals surface area contributed by atoms with E-state index in [9.17, 15) is 18.0 Å². The molecule has 0 aliphatic carbocycles. The number of thiophene rings is 1. The SMILES string of the molecule is O=C(CCCC(F)(F)F)c1cc(Br)cs1. The summed E-state index contributed by atoms with van der Waals surface area (Å²) in [5.41, 5.74) is 0. The van der Waals surface area contributed by atoms with Crippen LogP contribution in [-0.4, -0.2) is 12.0 Å². The molecule has 0 bridgehead atoms. The minimum atomic E-state index is -4.17. The molecule has 0 amide bonds. The molecule has 0 radical (unpaired) electrons. The first-order valence-corrected chi connectivity index (χ1v) is 5.90. The summed E-state index contributed by atoms with van der Waals surface area (Å²) >= 11 is 4.42. The van der Waals surface area contributed by atoms with Gasteiger partial charge in [-0.3, -0.25) is 4.79 Å². The molecule has 0 aliphatic heterocycles. The van der Waals surface area contributed by atoms with Gasteiger partial charge in [-0.15, -0.1) is 11.3 Å². The molecule has 1 nitrogen and oxygen atoms in total. The second-order valence-corrected chi connectivity index (χ2v) is 4.85. The van der Waals surface area contributed by atoms with Crippen LogP contribution in [0, 0.1) is 0 Å². The van der Waals surface area contributed by atoms with E-state index in [0.717, 1.165) is 4.47 Å². The van der Waals surface area contributed by atoms with E-state index in [1.54, 1.807) is 11.4 Å². The number of halogens is 4. The fraction of sp³-hybridized carbons (Fsp3) is 0.444. The van der Waals surface area contributed by atoms with E-state index in [-0.39, 0.29) is 18.6 Å². The van der Waals surface area contributed by atoms with Gasteiger partial charge in [0.2, 0.25) is 0 Å². The zero-order chi connectivity index (χ0) is 11.5. The molecule has 0 atom stereocenters. The van der Waals surface area contributed by atoms with Crippen LogP contribution in [0.15, 0.2) is 15.9 Å². The topological polar surface area (TPSA) is 17.1 Å². The van der Waals surface area contributed by atoms with Gasteiger partial charge in [-0.1, -0.05) is 0 Å². The average Bonchev–Trinajstić information content (AvgIpc) is 2.49. The third-order valence-corrected chi connectivity index (χ3v) is 3.44. The van der Waals surface area contributed by atoms with Gasteiger partial charge in [0.15, 0.2) is 5.78 Å². The third-order valence-electron chi connectivity index (χ3n) is 1.71. The summed E-state index contributed by atoms with van der Waals surface area (Å²) in [6.07, 6.45) is -5.26. The van der Waals surface area contributed by atoms with Crippen molar-refractivity contribution >= 4 is 33.0 Å². The molecular formula is C9H8BrF3OS. The molecule has 0 N–H and O–H groups in total. The second-order valence-electron chi connectivity index (χ2n) is 3.02. The Kier molecular flexibility index (Phi) is 4.33. The van der Waals surface area contributed by atoms with E-state index in [0.29, 0.717) is 4.88 Å². The standard InChI is InChI=1S/C9H8BrF3OS/c10-6-4-8(15-5-6)7(14)2-1-3-9(11,12)13/h4-5H,1-3H2. The Labute approximate surface area is 97.4 Å². The predicted molar refractivity (Wildman–Crippen MR) is 56.3 cm³/mol.